The fourth-order valence-corrected chi connectivity index (χ4v) is 14.6. The summed E-state index contributed by atoms with van der Waals surface area (Å²) in [6.45, 7) is 6.95. The molecule has 3 heterocycles. The van der Waals surface area contributed by atoms with Crippen molar-refractivity contribution in [3.8, 4) is 61.3 Å². The van der Waals surface area contributed by atoms with Gasteiger partial charge < -0.3 is 19.3 Å². The van der Waals surface area contributed by atoms with Gasteiger partial charge in [0.1, 0.15) is 0 Å². The Balaban J connectivity index is 0.903. The van der Waals surface area contributed by atoms with E-state index in [2.05, 4.69) is 380 Å². The monoisotopic (exact) mass is 1190 g/mol. The van der Waals surface area contributed by atoms with Crippen molar-refractivity contribution in [2.45, 2.75) is 26.2 Å². The maximum absolute atomic E-state index is 2.63. The lowest BCUT2D eigenvalue weighted by Crippen LogP contribution is -2.61. The molecule has 4 nitrogen and oxygen atoms in total. The molecule has 14 aromatic carbocycles. The number of aromatic nitrogens is 1. The smallest absolute Gasteiger partial charge is 0.252 e. The Hall–Kier alpha value is -11.7. The van der Waals surface area contributed by atoms with E-state index in [-0.39, 0.29) is 12.1 Å². The lowest BCUT2D eigenvalue weighted by Gasteiger charge is -2.45. The Bertz CT molecular complexity index is 5200. The van der Waals surface area contributed by atoms with Crippen LogP contribution >= 0.6 is 0 Å². The summed E-state index contributed by atoms with van der Waals surface area (Å²) in [4.78, 5) is 7.57. The summed E-state index contributed by atoms with van der Waals surface area (Å²) < 4.78 is 2.47. The highest BCUT2D eigenvalue weighted by Gasteiger charge is 2.45. The van der Waals surface area contributed by atoms with Crippen LogP contribution in [0.1, 0.15) is 26.3 Å². The molecule has 0 amide bonds. The van der Waals surface area contributed by atoms with Gasteiger partial charge in [-0.25, -0.2) is 0 Å². The van der Waals surface area contributed by atoms with Gasteiger partial charge >= 0.3 is 0 Å². The Morgan fingerprint density at radius 2 is 0.710 bits per heavy atom. The molecule has 1 aromatic heterocycles. The van der Waals surface area contributed by atoms with Crippen molar-refractivity contribution in [1.82, 2.24) is 4.57 Å². The van der Waals surface area contributed by atoms with Gasteiger partial charge in [0.25, 0.3) is 6.71 Å². The summed E-state index contributed by atoms with van der Waals surface area (Å²) >= 11 is 0. The molecule has 0 spiro atoms. The van der Waals surface area contributed by atoms with E-state index in [1.807, 2.05) is 0 Å². The molecule has 93 heavy (non-hydrogen) atoms. The molecule has 0 unspecified atom stereocenters. The van der Waals surface area contributed by atoms with Crippen molar-refractivity contribution in [1.29, 1.82) is 0 Å². The number of hydrogen-bond acceptors (Lipinski definition) is 3. The van der Waals surface area contributed by atoms with E-state index in [1.54, 1.807) is 0 Å². The fraction of sp³-hybridized carbons (Fsp3) is 0.0455. The minimum Gasteiger partial charge on any atom is -0.311 e. The third-order valence-electron chi connectivity index (χ3n) is 19.1. The number of fused-ring (bicyclic) bond motifs is 7. The summed E-state index contributed by atoms with van der Waals surface area (Å²) in [6, 6.07) is 126. The molecule has 0 atom stereocenters. The van der Waals surface area contributed by atoms with Crippen LogP contribution in [-0.2, 0) is 5.41 Å². The maximum atomic E-state index is 2.63. The van der Waals surface area contributed by atoms with Crippen LogP contribution in [0.25, 0.3) is 83.1 Å². The molecule has 440 valence electrons. The number of benzene rings is 14. The van der Waals surface area contributed by atoms with Crippen molar-refractivity contribution in [3.63, 3.8) is 0 Å². The first-order chi connectivity index (χ1) is 45.8. The zero-order valence-electron chi connectivity index (χ0n) is 52.2. The first-order valence-electron chi connectivity index (χ1n) is 32.3. The van der Waals surface area contributed by atoms with E-state index in [9.17, 15) is 0 Å². The second-order valence-corrected chi connectivity index (χ2v) is 25.6. The zero-order valence-corrected chi connectivity index (χ0v) is 52.2. The highest BCUT2D eigenvalue weighted by atomic mass is 15.2. The summed E-state index contributed by atoms with van der Waals surface area (Å²) in [5.41, 5.74) is 30.1. The van der Waals surface area contributed by atoms with Crippen molar-refractivity contribution >= 4 is 96.1 Å². The van der Waals surface area contributed by atoms with Gasteiger partial charge in [0.05, 0.1) is 22.4 Å². The SMILES string of the molecule is CC(C)(C)c1cc2c3c(c1)N(c1ccc(-c4ccccc4)cc1-c1ccccc1)c1cc(-c4ccc(-c5ccccc5N(c5ccccc5)c5ccccc5)cc4)ccc1B3c1ccc(-n3c4ccccc4c4ccccc43)cc1N2c1ccc(-c2ccccc2)cc1. The Morgan fingerprint density at radius 1 is 0.290 bits per heavy atom. The molecule has 2 aliphatic rings. The Labute approximate surface area is 544 Å². The minimum absolute atomic E-state index is 0.133. The molecule has 0 fully saturated rings. The molecular formula is C88H65BN4. The average Bonchev–Trinajstić information content (AvgIpc) is 0.805. The topological polar surface area (TPSA) is 14.7 Å². The molecular weight excluding hydrogens is 1120 g/mol. The molecule has 0 saturated heterocycles. The summed E-state index contributed by atoms with van der Waals surface area (Å²) in [6.07, 6.45) is 0. The quantitative estimate of drug-likeness (QED) is 0.120. The van der Waals surface area contributed by atoms with Gasteiger partial charge in [0.15, 0.2) is 0 Å². The number of rotatable bonds is 11. The van der Waals surface area contributed by atoms with Gasteiger partial charge in [-0.3, -0.25) is 0 Å². The third kappa shape index (κ3) is 9.63. The highest BCUT2D eigenvalue weighted by Crippen LogP contribution is 2.51. The standard InChI is InChI=1S/C88H65BN4/c1-88(2,3)68-57-85-87-86(58-68)93(82-54-48-66(61-27-11-5-12-28-61)55-76(82)64-29-13-6-14-30-64)83-56-67(63-41-43-65(44-42-63)73-35-19-22-38-79(73)90(69-31-15-7-16-32-69)70-33-17-8-18-34-70)47-52-77(83)89(87)78-53-51-72(92-80-39-23-20-36-74(80)75-37-21-24-40-81(75)92)59-84(78)91(85)71-49-45-62(46-50-71)60-25-9-4-10-26-60/h4-59H,1-3H3. The van der Waals surface area contributed by atoms with E-state index < -0.39 is 0 Å². The minimum atomic E-state index is -0.234. The summed E-state index contributed by atoms with van der Waals surface area (Å²) in [5.74, 6) is 0. The molecule has 0 radical (unpaired) electrons. The van der Waals surface area contributed by atoms with Crippen LogP contribution in [0.4, 0.5) is 51.2 Å². The average molecular weight is 1190 g/mol. The van der Waals surface area contributed by atoms with Gasteiger partial charge in [-0.15, -0.1) is 0 Å². The van der Waals surface area contributed by atoms with Crippen LogP contribution in [-0.4, -0.2) is 11.3 Å². The largest absolute Gasteiger partial charge is 0.311 e. The first-order valence-corrected chi connectivity index (χ1v) is 32.3. The molecule has 0 bridgehead atoms. The molecule has 0 aliphatic carbocycles. The van der Waals surface area contributed by atoms with Crippen molar-refractivity contribution in [3.05, 3.63) is 345 Å². The highest BCUT2D eigenvalue weighted by molar-refractivity contribution is 7.00. The van der Waals surface area contributed by atoms with Gasteiger partial charge in [-0.2, -0.15) is 0 Å². The van der Waals surface area contributed by atoms with Crippen LogP contribution in [0.2, 0.25) is 0 Å². The predicted octanol–water partition coefficient (Wildman–Crippen LogP) is 22.0. The van der Waals surface area contributed by atoms with Crippen LogP contribution in [0.5, 0.6) is 0 Å². The number of para-hydroxylation sites is 5. The maximum Gasteiger partial charge on any atom is 0.252 e. The van der Waals surface area contributed by atoms with Crippen LogP contribution in [0.15, 0.2) is 340 Å². The van der Waals surface area contributed by atoms with E-state index in [0.29, 0.717) is 0 Å². The normalized spacial score (nSPS) is 12.4. The van der Waals surface area contributed by atoms with Crippen molar-refractivity contribution < 1.29 is 0 Å². The van der Waals surface area contributed by atoms with Crippen LogP contribution < -0.4 is 31.1 Å². The molecule has 5 heteroatoms. The Morgan fingerprint density at radius 3 is 1.32 bits per heavy atom. The zero-order chi connectivity index (χ0) is 62.2. The molecule has 15 aromatic rings. The lowest BCUT2D eigenvalue weighted by atomic mass is 9.33. The van der Waals surface area contributed by atoms with Crippen LogP contribution in [0.3, 0.4) is 0 Å². The molecule has 2 aliphatic heterocycles. The van der Waals surface area contributed by atoms with Crippen molar-refractivity contribution in [2.75, 3.05) is 14.7 Å². The summed E-state index contributed by atoms with van der Waals surface area (Å²) in [7, 11) is 0. The Kier molecular flexibility index (Phi) is 13.5. The second-order valence-electron chi connectivity index (χ2n) is 25.6. The molecule has 17 rings (SSSR count). The van der Waals surface area contributed by atoms with E-state index in [0.717, 1.165) is 78.9 Å². The predicted molar refractivity (Wildman–Crippen MR) is 395 cm³/mol. The van der Waals surface area contributed by atoms with E-state index >= 15 is 0 Å². The molecule has 0 saturated carbocycles. The van der Waals surface area contributed by atoms with Gasteiger partial charge in [0, 0.05) is 67.4 Å². The summed E-state index contributed by atoms with van der Waals surface area (Å²) in [5, 5.41) is 2.48. The van der Waals surface area contributed by atoms with Gasteiger partial charge in [-0.05, 0) is 169 Å². The van der Waals surface area contributed by atoms with Gasteiger partial charge in [0.2, 0.25) is 0 Å². The van der Waals surface area contributed by atoms with Crippen molar-refractivity contribution in [2.24, 2.45) is 0 Å². The fourth-order valence-electron chi connectivity index (χ4n) is 14.6. The van der Waals surface area contributed by atoms with Crippen LogP contribution in [0, 0.1) is 0 Å². The number of hydrogen-bond donors (Lipinski definition) is 0. The third-order valence-corrected chi connectivity index (χ3v) is 19.1. The number of nitrogens with zero attached hydrogens (tertiary/aromatic N) is 4. The lowest BCUT2D eigenvalue weighted by molar-refractivity contribution is 0.590. The molecule has 0 N–H and O–H groups in total. The van der Waals surface area contributed by atoms with Gasteiger partial charge in [-0.1, -0.05) is 263 Å². The van der Waals surface area contributed by atoms with E-state index in [4.69, 9.17) is 0 Å². The van der Waals surface area contributed by atoms with E-state index in [1.165, 1.54) is 77.4 Å². The second kappa shape index (κ2) is 22.7. The first kappa shape index (κ1) is 55.4. The number of anilines is 9.